The molecule has 0 aliphatic rings. The van der Waals surface area contributed by atoms with Gasteiger partial charge in [0.2, 0.25) is 0 Å². The Morgan fingerprint density at radius 1 is 1.31 bits per heavy atom. The number of halogens is 4. The van der Waals surface area contributed by atoms with Crippen LogP contribution in [0.3, 0.4) is 0 Å². The van der Waals surface area contributed by atoms with Gasteiger partial charge >= 0.3 is 5.51 Å². The predicted molar refractivity (Wildman–Crippen MR) is 43.9 cm³/mol. The average Bonchev–Trinajstić information content (AvgIpc) is 2.01. The van der Waals surface area contributed by atoms with Crippen LogP contribution in [-0.2, 0) is 10.8 Å². The summed E-state index contributed by atoms with van der Waals surface area (Å²) in [6.45, 7) is 0. The SMILES string of the molecule is O=S(c1cccc(Cl)c1)C(F)(F)F. The van der Waals surface area contributed by atoms with Gasteiger partial charge in [0.25, 0.3) is 0 Å². The van der Waals surface area contributed by atoms with Crippen molar-refractivity contribution in [2.45, 2.75) is 10.4 Å². The van der Waals surface area contributed by atoms with Crippen molar-refractivity contribution in [3.8, 4) is 0 Å². The second kappa shape index (κ2) is 3.67. The largest absolute Gasteiger partial charge is 0.475 e. The van der Waals surface area contributed by atoms with Gasteiger partial charge in [-0.2, -0.15) is 13.2 Å². The normalized spacial score (nSPS) is 14.2. The van der Waals surface area contributed by atoms with E-state index >= 15 is 0 Å². The lowest BCUT2D eigenvalue weighted by atomic mass is 10.4. The topological polar surface area (TPSA) is 17.1 Å². The zero-order chi connectivity index (χ0) is 10.1. The third-order valence-electron chi connectivity index (χ3n) is 1.22. The Morgan fingerprint density at radius 3 is 2.38 bits per heavy atom. The molecule has 0 saturated heterocycles. The molecule has 6 heteroatoms. The maximum absolute atomic E-state index is 11.9. The summed E-state index contributed by atoms with van der Waals surface area (Å²) in [6.07, 6.45) is 0. The zero-order valence-corrected chi connectivity index (χ0v) is 7.71. The fraction of sp³-hybridized carbons (Fsp3) is 0.143. The van der Waals surface area contributed by atoms with Gasteiger partial charge in [-0.15, -0.1) is 0 Å². The Bertz CT molecular complexity index is 337. The molecule has 1 aromatic carbocycles. The third-order valence-corrected chi connectivity index (χ3v) is 2.56. The monoisotopic (exact) mass is 228 g/mol. The van der Waals surface area contributed by atoms with Crippen LogP contribution in [0.15, 0.2) is 29.2 Å². The molecule has 1 nitrogen and oxygen atoms in total. The summed E-state index contributed by atoms with van der Waals surface area (Å²) in [5.74, 6) is 0. The van der Waals surface area contributed by atoms with E-state index in [9.17, 15) is 17.4 Å². The Balaban J connectivity index is 3.03. The number of hydrogen-bond donors (Lipinski definition) is 0. The lowest BCUT2D eigenvalue weighted by molar-refractivity contribution is -0.0384. The first-order chi connectivity index (χ1) is 5.91. The molecule has 0 radical (unpaired) electrons. The molecule has 0 aromatic heterocycles. The van der Waals surface area contributed by atoms with Crippen LogP contribution in [0.25, 0.3) is 0 Å². The van der Waals surface area contributed by atoms with Crippen molar-refractivity contribution in [2.24, 2.45) is 0 Å². The molecule has 72 valence electrons. The molecular formula is C7H4ClF3OS. The van der Waals surface area contributed by atoms with Crippen molar-refractivity contribution in [3.05, 3.63) is 29.3 Å². The molecule has 0 aliphatic heterocycles. The van der Waals surface area contributed by atoms with Gasteiger partial charge in [0, 0.05) is 9.92 Å². The molecule has 0 amide bonds. The van der Waals surface area contributed by atoms with Crippen LogP contribution < -0.4 is 0 Å². The van der Waals surface area contributed by atoms with Crippen LogP contribution in [0.5, 0.6) is 0 Å². The molecule has 1 aromatic rings. The summed E-state index contributed by atoms with van der Waals surface area (Å²) >= 11 is 5.44. The third kappa shape index (κ3) is 2.70. The highest BCUT2D eigenvalue weighted by molar-refractivity contribution is 7.86. The fourth-order valence-corrected chi connectivity index (χ4v) is 1.67. The summed E-state index contributed by atoms with van der Waals surface area (Å²) in [5.41, 5.74) is -4.73. The van der Waals surface area contributed by atoms with Crippen LogP contribution in [-0.4, -0.2) is 9.72 Å². The minimum absolute atomic E-state index is 0.134. The van der Waals surface area contributed by atoms with Crippen molar-refractivity contribution in [1.82, 2.24) is 0 Å². The first kappa shape index (κ1) is 10.5. The van der Waals surface area contributed by atoms with Crippen LogP contribution >= 0.6 is 11.6 Å². The zero-order valence-electron chi connectivity index (χ0n) is 6.14. The van der Waals surface area contributed by atoms with Gasteiger partial charge in [0.15, 0.2) is 10.8 Å². The fourth-order valence-electron chi connectivity index (χ4n) is 0.716. The van der Waals surface area contributed by atoms with Crippen LogP contribution in [0, 0.1) is 0 Å². The van der Waals surface area contributed by atoms with Crippen molar-refractivity contribution in [1.29, 1.82) is 0 Å². The summed E-state index contributed by atoms with van der Waals surface area (Å²) < 4.78 is 46.5. The van der Waals surface area contributed by atoms with Gasteiger partial charge in [-0.05, 0) is 18.2 Å². The van der Waals surface area contributed by atoms with E-state index in [-0.39, 0.29) is 9.92 Å². The Hall–Kier alpha value is -0.550. The number of hydrogen-bond acceptors (Lipinski definition) is 1. The summed E-state index contributed by atoms with van der Waals surface area (Å²) in [7, 11) is -3.00. The highest BCUT2D eigenvalue weighted by Gasteiger charge is 2.37. The lowest BCUT2D eigenvalue weighted by Crippen LogP contribution is -2.15. The molecule has 0 aliphatic carbocycles. The van der Waals surface area contributed by atoms with E-state index in [1.807, 2.05) is 0 Å². The molecule has 1 atom stereocenters. The van der Waals surface area contributed by atoms with E-state index in [1.54, 1.807) is 0 Å². The standard InChI is InChI=1S/C7H4ClF3OS/c8-5-2-1-3-6(4-5)13(12)7(9,10)11/h1-4H. The molecule has 0 fully saturated rings. The molecule has 1 unspecified atom stereocenters. The summed E-state index contributed by atoms with van der Waals surface area (Å²) in [5, 5.41) is 0.134. The van der Waals surface area contributed by atoms with E-state index < -0.39 is 16.3 Å². The Kier molecular flexibility index (Phi) is 2.98. The predicted octanol–water partition coefficient (Wildman–Crippen LogP) is 2.97. The molecule has 0 saturated carbocycles. The first-order valence-electron chi connectivity index (χ1n) is 3.15. The maximum atomic E-state index is 11.9. The van der Waals surface area contributed by atoms with Gasteiger partial charge in [-0.1, -0.05) is 17.7 Å². The number of benzene rings is 1. The molecule has 0 bridgehead atoms. The van der Waals surface area contributed by atoms with Gasteiger partial charge in [0.05, 0.1) is 0 Å². The minimum Gasteiger partial charge on any atom is -0.245 e. The van der Waals surface area contributed by atoms with Crippen molar-refractivity contribution in [2.75, 3.05) is 0 Å². The summed E-state index contributed by atoms with van der Waals surface area (Å²) in [4.78, 5) is -0.333. The highest BCUT2D eigenvalue weighted by atomic mass is 35.5. The van der Waals surface area contributed by atoms with E-state index in [0.717, 1.165) is 12.1 Å². The lowest BCUT2D eigenvalue weighted by Gasteiger charge is -2.05. The smallest absolute Gasteiger partial charge is 0.245 e. The van der Waals surface area contributed by atoms with Crippen molar-refractivity contribution < 1.29 is 17.4 Å². The van der Waals surface area contributed by atoms with Crippen molar-refractivity contribution >= 4 is 22.4 Å². The minimum atomic E-state index is -4.73. The van der Waals surface area contributed by atoms with Crippen LogP contribution in [0.2, 0.25) is 5.02 Å². The van der Waals surface area contributed by atoms with Crippen molar-refractivity contribution in [3.63, 3.8) is 0 Å². The molecule has 0 N–H and O–H groups in total. The molecular weight excluding hydrogens is 225 g/mol. The maximum Gasteiger partial charge on any atom is 0.475 e. The Labute approximate surface area is 80.0 Å². The van der Waals surface area contributed by atoms with E-state index in [2.05, 4.69) is 0 Å². The second-order valence-electron chi connectivity index (χ2n) is 2.17. The van der Waals surface area contributed by atoms with Crippen LogP contribution in [0.4, 0.5) is 13.2 Å². The number of rotatable bonds is 1. The Morgan fingerprint density at radius 2 is 1.92 bits per heavy atom. The molecule has 1 rings (SSSR count). The summed E-state index contributed by atoms with van der Waals surface area (Å²) in [6, 6.07) is 4.89. The van der Waals surface area contributed by atoms with E-state index in [0.29, 0.717) is 0 Å². The quantitative estimate of drug-likeness (QED) is 0.722. The van der Waals surface area contributed by atoms with E-state index in [4.69, 9.17) is 11.6 Å². The first-order valence-corrected chi connectivity index (χ1v) is 4.68. The van der Waals surface area contributed by atoms with Gasteiger partial charge < -0.3 is 0 Å². The second-order valence-corrected chi connectivity index (χ2v) is 4.08. The average molecular weight is 229 g/mol. The van der Waals surface area contributed by atoms with Gasteiger partial charge in [-0.25, -0.2) is 4.21 Å². The number of alkyl halides is 3. The van der Waals surface area contributed by atoms with Gasteiger partial charge in [-0.3, -0.25) is 0 Å². The van der Waals surface area contributed by atoms with Crippen LogP contribution in [0.1, 0.15) is 0 Å². The molecule has 0 spiro atoms. The van der Waals surface area contributed by atoms with E-state index in [1.165, 1.54) is 12.1 Å². The molecule has 13 heavy (non-hydrogen) atoms. The molecule has 0 heterocycles. The van der Waals surface area contributed by atoms with Gasteiger partial charge in [0.1, 0.15) is 0 Å². The highest BCUT2D eigenvalue weighted by Crippen LogP contribution is 2.27.